The van der Waals surface area contributed by atoms with Gasteiger partial charge in [0.25, 0.3) is 0 Å². The van der Waals surface area contributed by atoms with Crippen molar-refractivity contribution in [2.24, 2.45) is 0 Å². The number of hydrogen-bond donors (Lipinski definition) is 1. The molecule has 0 saturated heterocycles. The first-order chi connectivity index (χ1) is 10.4. The van der Waals surface area contributed by atoms with Crippen LogP contribution in [-0.2, 0) is 17.9 Å². The summed E-state index contributed by atoms with van der Waals surface area (Å²) in [6, 6.07) is 0. The molecule has 2 aromatic heterocycles. The van der Waals surface area contributed by atoms with Gasteiger partial charge in [0, 0.05) is 19.3 Å². The van der Waals surface area contributed by atoms with Crippen molar-refractivity contribution in [3.05, 3.63) is 33.3 Å². The molecule has 22 heavy (non-hydrogen) atoms. The van der Waals surface area contributed by atoms with Gasteiger partial charge in [0.2, 0.25) is 5.91 Å². The number of carbonyl (C=O) groups is 1. The number of nitrogens with one attached hydrogen (secondary N) is 1. The molecule has 2 heterocycles. The van der Waals surface area contributed by atoms with Gasteiger partial charge in [0.1, 0.15) is 6.54 Å². The second-order valence-corrected chi connectivity index (χ2v) is 5.96. The standard InChI is InChI=1S/C14H19Cl2N5O/c1-9-12(15)7-20(18-9)6-4-5-17-13(22)8-21-11(3)14(16)10(2)19-21/h7H,4-6,8H2,1-3H3,(H,17,22). The molecule has 6 nitrogen and oxygen atoms in total. The Balaban J connectivity index is 1.75. The monoisotopic (exact) mass is 343 g/mol. The highest BCUT2D eigenvalue weighted by Crippen LogP contribution is 2.18. The van der Waals surface area contributed by atoms with Gasteiger partial charge in [-0.15, -0.1) is 0 Å². The smallest absolute Gasteiger partial charge is 0.241 e. The highest BCUT2D eigenvalue weighted by atomic mass is 35.5. The molecule has 0 aliphatic rings. The summed E-state index contributed by atoms with van der Waals surface area (Å²) in [6.45, 7) is 6.98. The molecule has 0 aliphatic heterocycles. The van der Waals surface area contributed by atoms with Crippen LogP contribution in [0.4, 0.5) is 0 Å². The number of halogens is 2. The summed E-state index contributed by atoms with van der Waals surface area (Å²) in [5.41, 5.74) is 2.35. The van der Waals surface area contributed by atoms with E-state index in [1.54, 1.807) is 15.6 Å². The van der Waals surface area contributed by atoms with Gasteiger partial charge < -0.3 is 5.32 Å². The van der Waals surface area contributed by atoms with Crippen molar-refractivity contribution < 1.29 is 4.79 Å². The van der Waals surface area contributed by atoms with Crippen LogP contribution in [-0.4, -0.2) is 32.0 Å². The summed E-state index contributed by atoms with van der Waals surface area (Å²) in [7, 11) is 0. The van der Waals surface area contributed by atoms with E-state index >= 15 is 0 Å². The van der Waals surface area contributed by atoms with E-state index in [2.05, 4.69) is 15.5 Å². The Kier molecular flexibility index (Phi) is 5.47. The van der Waals surface area contributed by atoms with Crippen molar-refractivity contribution in [2.75, 3.05) is 6.54 Å². The van der Waals surface area contributed by atoms with Gasteiger partial charge in [-0.3, -0.25) is 14.2 Å². The number of amides is 1. The Morgan fingerprint density at radius 2 is 1.95 bits per heavy atom. The third kappa shape index (κ3) is 4.01. The van der Waals surface area contributed by atoms with Crippen molar-refractivity contribution in [3.63, 3.8) is 0 Å². The quantitative estimate of drug-likeness (QED) is 0.819. The molecule has 0 aliphatic carbocycles. The number of hydrogen-bond acceptors (Lipinski definition) is 3. The van der Waals surface area contributed by atoms with Gasteiger partial charge in [-0.1, -0.05) is 23.2 Å². The maximum Gasteiger partial charge on any atom is 0.241 e. The minimum Gasteiger partial charge on any atom is -0.354 e. The highest BCUT2D eigenvalue weighted by molar-refractivity contribution is 6.31. The van der Waals surface area contributed by atoms with E-state index in [-0.39, 0.29) is 12.5 Å². The van der Waals surface area contributed by atoms with Crippen LogP contribution in [0.25, 0.3) is 0 Å². The third-order valence-corrected chi connectivity index (χ3v) is 4.28. The largest absolute Gasteiger partial charge is 0.354 e. The zero-order valence-electron chi connectivity index (χ0n) is 12.9. The fourth-order valence-electron chi connectivity index (χ4n) is 2.10. The fraction of sp³-hybridized carbons (Fsp3) is 0.500. The van der Waals surface area contributed by atoms with Crippen LogP contribution < -0.4 is 5.32 Å². The van der Waals surface area contributed by atoms with E-state index in [0.717, 1.165) is 23.5 Å². The predicted molar refractivity (Wildman–Crippen MR) is 86.3 cm³/mol. The number of aromatic nitrogens is 4. The average Bonchev–Trinajstić information content (AvgIpc) is 2.90. The average molecular weight is 344 g/mol. The van der Waals surface area contributed by atoms with E-state index < -0.39 is 0 Å². The SMILES string of the molecule is Cc1nn(CCCNC(=O)Cn2nc(C)c(Cl)c2C)cc1Cl. The lowest BCUT2D eigenvalue weighted by Crippen LogP contribution is -2.29. The van der Waals surface area contributed by atoms with Gasteiger partial charge in [0.15, 0.2) is 0 Å². The Labute approximate surface area is 139 Å². The van der Waals surface area contributed by atoms with E-state index in [0.29, 0.717) is 23.1 Å². The Morgan fingerprint density at radius 1 is 1.23 bits per heavy atom. The summed E-state index contributed by atoms with van der Waals surface area (Å²) in [4.78, 5) is 11.9. The molecule has 0 aromatic carbocycles. The Morgan fingerprint density at radius 3 is 2.50 bits per heavy atom. The molecule has 0 saturated carbocycles. The minimum absolute atomic E-state index is 0.0862. The van der Waals surface area contributed by atoms with E-state index in [1.165, 1.54) is 0 Å². The molecule has 0 unspecified atom stereocenters. The van der Waals surface area contributed by atoms with Gasteiger partial charge in [-0.05, 0) is 27.2 Å². The molecule has 0 fully saturated rings. The Hall–Kier alpha value is -1.53. The van der Waals surface area contributed by atoms with E-state index in [9.17, 15) is 4.79 Å². The van der Waals surface area contributed by atoms with Crippen molar-refractivity contribution in [3.8, 4) is 0 Å². The number of aryl methyl sites for hydroxylation is 3. The lowest BCUT2D eigenvalue weighted by molar-refractivity contribution is -0.121. The fourth-order valence-corrected chi connectivity index (χ4v) is 2.38. The lowest BCUT2D eigenvalue weighted by Gasteiger charge is -2.07. The summed E-state index contributed by atoms with van der Waals surface area (Å²) in [6.07, 6.45) is 2.57. The first kappa shape index (κ1) is 16.8. The zero-order valence-corrected chi connectivity index (χ0v) is 14.4. The van der Waals surface area contributed by atoms with Gasteiger partial charge >= 0.3 is 0 Å². The lowest BCUT2D eigenvalue weighted by atomic mass is 10.4. The molecule has 2 aromatic rings. The highest BCUT2D eigenvalue weighted by Gasteiger charge is 2.11. The molecule has 1 amide bonds. The zero-order chi connectivity index (χ0) is 16.3. The van der Waals surface area contributed by atoms with Gasteiger partial charge in [-0.25, -0.2) is 0 Å². The molecule has 0 bridgehead atoms. The van der Waals surface area contributed by atoms with Crippen LogP contribution >= 0.6 is 23.2 Å². The predicted octanol–water partition coefficient (Wildman–Crippen LogP) is 2.52. The maximum atomic E-state index is 11.9. The number of carbonyl (C=O) groups excluding carboxylic acids is 1. The van der Waals surface area contributed by atoms with Crippen molar-refractivity contribution in [2.45, 2.75) is 40.3 Å². The first-order valence-corrected chi connectivity index (χ1v) is 7.80. The minimum atomic E-state index is -0.0862. The van der Waals surface area contributed by atoms with Crippen LogP contribution in [0.5, 0.6) is 0 Å². The van der Waals surface area contributed by atoms with E-state index in [1.807, 2.05) is 20.8 Å². The van der Waals surface area contributed by atoms with Crippen molar-refractivity contribution >= 4 is 29.1 Å². The molecule has 120 valence electrons. The normalized spacial score (nSPS) is 11.0. The van der Waals surface area contributed by atoms with Gasteiger partial charge in [-0.2, -0.15) is 10.2 Å². The molecule has 0 radical (unpaired) electrons. The first-order valence-electron chi connectivity index (χ1n) is 7.04. The molecule has 2 rings (SSSR count). The van der Waals surface area contributed by atoms with Crippen molar-refractivity contribution in [1.82, 2.24) is 24.9 Å². The van der Waals surface area contributed by atoms with Crippen LogP contribution in [0.2, 0.25) is 10.0 Å². The third-order valence-electron chi connectivity index (χ3n) is 3.36. The topological polar surface area (TPSA) is 64.7 Å². The summed E-state index contributed by atoms with van der Waals surface area (Å²) in [5, 5.41) is 12.6. The van der Waals surface area contributed by atoms with Crippen LogP contribution in [0.1, 0.15) is 23.5 Å². The second-order valence-electron chi connectivity index (χ2n) is 5.17. The second kappa shape index (κ2) is 7.15. The summed E-state index contributed by atoms with van der Waals surface area (Å²) in [5.74, 6) is -0.0862. The molecule has 0 atom stereocenters. The van der Waals surface area contributed by atoms with Crippen LogP contribution in [0.3, 0.4) is 0 Å². The number of rotatable bonds is 6. The van der Waals surface area contributed by atoms with Crippen LogP contribution in [0.15, 0.2) is 6.20 Å². The van der Waals surface area contributed by atoms with Crippen molar-refractivity contribution in [1.29, 1.82) is 0 Å². The molecular weight excluding hydrogens is 325 g/mol. The van der Waals surface area contributed by atoms with Gasteiger partial charge in [0.05, 0.1) is 27.1 Å². The summed E-state index contributed by atoms with van der Waals surface area (Å²) < 4.78 is 3.40. The number of nitrogens with zero attached hydrogens (tertiary/aromatic N) is 4. The van der Waals surface area contributed by atoms with Crippen LogP contribution in [0, 0.1) is 20.8 Å². The molecular formula is C14H19Cl2N5O. The van der Waals surface area contributed by atoms with E-state index in [4.69, 9.17) is 23.2 Å². The maximum absolute atomic E-state index is 11.9. The molecule has 8 heteroatoms. The summed E-state index contributed by atoms with van der Waals surface area (Å²) >= 11 is 12.0. The molecule has 1 N–H and O–H groups in total. The Bertz CT molecular complexity index is 658. The molecule has 0 spiro atoms.